The number of methoxy groups -OCH3 is 4. The largest absolute Gasteiger partial charge is 0.496 e. The highest BCUT2D eigenvalue weighted by molar-refractivity contribution is 5.79. The fraction of sp³-hybridized carbons (Fsp3) is 0.367. The van der Waals surface area contributed by atoms with E-state index in [2.05, 4.69) is 5.32 Å². The number of carbonyl (C=O) groups excluding carboxylic acids is 1. The SMILES string of the molecule is COc1ccccc1CN[C@@H]1c2cc3c(cc2[C@@H](c2cc(OC)c(OC)c(OC)c2)[C@H]2C(=O)OC[C@@H]21)OCO3. The summed E-state index contributed by atoms with van der Waals surface area (Å²) in [6.07, 6.45) is 0. The van der Waals surface area contributed by atoms with Crippen molar-refractivity contribution in [2.45, 2.75) is 18.5 Å². The highest BCUT2D eigenvalue weighted by atomic mass is 16.7. The standard InChI is InChI=1S/C30H31NO8/c1-33-21-8-6-5-7-16(21)13-31-28-19-12-23-22(38-15-39-23)11-18(19)26(27-20(28)14-37-30(27)32)17-9-24(34-2)29(36-4)25(10-17)35-3/h5-12,20,26-28,31H,13-15H2,1-4H3/t20-,26+,27-,28+/m0/s1. The van der Waals surface area contributed by atoms with Crippen LogP contribution in [0.3, 0.4) is 0 Å². The number of nitrogens with one attached hydrogen (secondary N) is 1. The molecule has 0 radical (unpaired) electrons. The lowest BCUT2D eigenvalue weighted by Crippen LogP contribution is -2.40. The highest BCUT2D eigenvalue weighted by Gasteiger charge is 2.52. The van der Waals surface area contributed by atoms with Gasteiger partial charge < -0.3 is 38.5 Å². The number of esters is 1. The second kappa shape index (κ2) is 10.2. The summed E-state index contributed by atoms with van der Waals surface area (Å²) in [6.45, 7) is 1.01. The maximum absolute atomic E-state index is 13.4. The van der Waals surface area contributed by atoms with E-state index in [-0.39, 0.29) is 30.6 Å². The number of para-hydroxylation sites is 1. The molecule has 204 valence electrons. The molecule has 0 saturated carbocycles. The molecule has 6 rings (SSSR count). The minimum Gasteiger partial charge on any atom is -0.496 e. The van der Waals surface area contributed by atoms with Gasteiger partial charge in [0.2, 0.25) is 12.5 Å². The molecule has 1 saturated heterocycles. The van der Waals surface area contributed by atoms with Crippen molar-refractivity contribution in [1.29, 1.82) is 0 Å². The molecule has 0 bridgehead atoms. The topological polar surface area (TPSA) is 93.7 Å². The van der Waals surface area contributed by atoms with E-state index in [1.165, 1.54) is 0 Å². The lowest BCUT2D eigenvalue weighted by atomic mass is 9.65. The number of rotatable bonds is 8. The normalized spacial score (nSPS) is 22.5. The lowest BCUT2D eigenvalue weighted by Gasteiger charge is -2.39. The Labute approximate surface area is 226 Å². The molecule has 0 unspecified atom stereocenters. The van der Waals surface area contributed by atoms with Crippen LogP contribution in [0.15, 0.2) is 48.5 Å². The number of ether oxygens (including phenoxy) is 7. The Morgan fingerprint density at radius 2 is 1.49 bits per heavy atom. The van der Waals surface area contributed by atoms with Crippen molar-refractivity contribution in [3.63, 3.8) is 0 Å². The zero-order valence-corrected chi connectivity index (χ0v) is 22.3. The number of hydrogen-bond acceptors (Lipinski definition) is 9. The van der Waals surface area contributed by atoms with Gasteiger partial charge in [-0.3, -0.25) is 4.79 Å². The maximum atomic E-state index is 13.4. The summed E-state index contributed by atoms with van der Waals surface area (Å²) in [5.41, 5.74) is 3.89. The van der Waals surface area contributed by atoms with Gasteiger partial charge >= 0.3 is 5.97 Å². The summed E-state index contributed by atoms with van der Waals surface area (Å²) in [7, 11) is 6.40. The van der Waals surface area contributed by atoms with Gasteiger partial charge in [-0.05, 0) is 47.0 Å². The first-order chi connectivity index (χ1) is 19.1. The van der Waals surface area contributed by atoms with E-state index < -0.39 is 5.92 Å². The van der Waals surface area contributed by atoms with Crippen molar-refractivity contribution >= 4 is 5.97 Å². The predicted molar refractivity (Wildman–Crippen MR) is 141 cm³/mol. The Bertz CT molecular complexity index is 1380. The van der Waals surface area contributed by atoms with Gasteiger partial charge in [-0.25, -0.2) is 0 Å². The molecule has 9 nitrogen and oxygen atoms in total. The van der Waals surface area contributed by atoms with Crippen molar-refractivity contribution in [2.24, 2.45) is 11.8 Å². The van der Waals surface area contributed by atoms with E-state index in [1.54, 1.807) is 28.4 Å². The highest BCUT2D eigenvalue weighted by Crippen LogP contribution is 2.55. The predicted octanol–water partition coefficient (Wildman–Crippen LogP) is 4.22. The third-order valence-corrected chi connectivity index (χ3v) is 7.94. The molecule has 3 aliphatic rings. The zero-order chi connectivity index (χ0) is 27.1. The van der Waals surface area contributed by atoms with Crippen LogP contribution in [0.5, 0.6) is 34.5 Å². The fourth-order valence-electron chi connectivity index (χ4n) is 6.17. The van der Waals surface area contributed by atoms with Gasteiger partial charge in [-0.1, -0.05) is 18.2 Å². The van der Waals surface area contributed by atoms with Crippen LogP contribution in [0, 0.1) is 11.8 Å². The van der Waals surface area contributed by atoms with Crippen LogP contribution in [-0.4, -0.2) is 47.8 Å². The van der Waals surface area contributed by atoms with Crippen LogP contribution < -0.4 is 33.7 Å². The van der Waals surface area contributed by atoms with Crippen LogP contribution in [0.25, 0.3) is 0 Å². The summed E-state index contributed by atoms with van der Waals surface area (Å²) in [6, 6.07) is 15.6. The third-order valence-electron chi connectivity index (χ3n) is 7.94. The van der Waals surface area contributed by atoms with E-state index in [4.69, 9.17) is 33.2 Å². The average Bonchev–Trinajstić information content (AvgIpc) is 3.59. The summed E-state index contributed by atoms with van der Waals surface area (Å²) in [5.74, 6) is 2.56. The quantitative estimate of drug-likeness (QED) is 0.427. The van der Waals surface area contributed by atoms with Crippen molar-refractivity contribution < 1.29 is 38.0 Å². The second-order valence-corrected chi connectivity index (χ2v) is 9.76. The van der Waals surface area contributed by atoms with Gasteiger partial charge in [0.15, 0.2) is 23.0 Å². The van der Waals surface area contributed by atoms with E-state index in [1.807, 2.05) is 48.5 Å². The molecule has 0 spiro atoms. The van der Waals surface area contributed by atoms with Gasteiger partial charge in [-0.2, -0.15) is 0 Å². The first kappa shape index (κ1) is 25.2. The maximum Gasteiger partial charge on any atom is 0.310 e. The zero-order valence-electron chi connectivity index (χ0n) is 22.3. The molecule has 39 heavy (non-hydrogen) atoms. The van der Waals surface area contributed by atoms with E-state index in [0.29, 0.717) is 41.9 Å². The van der Waals surface area contributed by atoms with Gasteiger partial charge in [0, 0.05) is 30.0 Å². The molecule has 1 aliphatic carbocycles. The molecule has 3 aromatic rings. The first-order valence-corrected chi connectivity index (χ1v) is 12.8. The Balaban J connectivity index is 1.49. The van der Waals surface area contributed by atoms with Crippen LogP contribution in [0.1, 0.15) is 34.2 Å². The Morgan fingerprint density at radius 3 is 2.15 bits per heavy atom. The second-order valence-electron chi connectivity index (χ2n) is 9.76. The van der Waals surface area contributed by atoms with Gasteiger partial charge in [0.25, 0.3) is 0 Å². The Hall–Kier alpha value is -4.11. The van der Waals surface area contributed by atoms with Crippen molar-refractivity contribution in [2.75, 3.05) is 41.8 Å². The molecule has 2 aliphatic heterocycles. The number of hydrogen-bond donors (Lipinski definition) is 1. The lowest BCUT2D eigenvalue weighted by molar-refractivity contribution is -0.141. The van der Waals surface area contributed by atoms with Crippen LogP contribution in [0.2, 0.25) is 0 Å². The number of cyclic esters (lactones) is 1. The number of carbonyl (C=O) groups is 1. The summed E-state index contributed by atoms with van der Waals surface area (Å²) in [4.78, 5) is 13.4. The van der Waals surface area contributed by atoms with Gasteiger partial charge in [0.1, 0.15) is 5.75 Å². The summed E-state index contributed by atoms with van der Waals surface area (Å²) >= 11 is 0. The van der Waals surface area contributed by atoms with Crippen LogP contribution in [-0.2, 0) is 16.1 Å². The van der Waals surface area contributed by atoms with Crippen LogP contribution >= 0.6 is 0 Å². The number of benzene rings is 3. The molecule has 0 aromatic heterocycles. The molecular formula is C30H31NO8. The minimum atomic E-state index is -0.434. The molecule has 0 amide bonds. The van der Waals surface area contributed by atoms with Crippen molar-refractivity contribution in [3.05, 3.63) is 70.8 Å². The molecule has 4 atom stereocenters. The summed E-state index contributed by atoms with van der Waals surface area (Å²) in [5, 5.41) is 3.71. The third kappa shape index (κ3) is 4.17. The van der Waals surface area contributed by atoms with Crippen molar-refractivity contribution in [3.8, 4) is 34.5 Å². The van der Waals surface area contributed by atoms with Crippen LogP contribution in [0.4, 0.5) is 0 Å². The molecule has 3 aromatic carbocycles. The molecule has 1 N–H and O–H groups in total. The molecular weight excluding hydrogens is 502 g/mol. The monoisotopic (exact) mass is 533 g/mol. The Morgan fingerprint density at radius 1 is 0.821 bits per heavy atom. The van der Waals surface area contributed by atoms with Crippen molar-refractivity contribution in [1.82, 2.24) is 5.32 Å². The van der Waals surface area contributed by atoms with E-state index in [9.17, 15) is 4.79 Å². The van der Waals surface area contributed by atoms with Gasteiger partial charge in [0.05, 0.1) is 41.0 Å². The first-order valence-electron chi connectivity index (χ1n) is 12.8. The number of fused-ring (bicyclic) bond motifs is 3. The van der Waals surface area contributed by atoms with Gasteiger partial charge in [-0.15, -0.1) is 0 Å². The fourth-order valence-corrected chi connectivity index (χ4v) is 6.17. The molecule has 9 heteroatoms. The molecule has 2 heterocycles. The smallest absolute Gasteiger partial charge is 0.310 e. The minimum absolute atomic E-state index is 0.121. The average molecular weight is 534 g/mol. The molecule has 1 fully saturated rings. The summed E-state index contributed by atoms with van der Waals surface area (Å²) < 4.78 is 39.7. The van der Waals surface area contributed by atoms with E-state index in [0.717, 1.165) is 28.0 Å². The Kier molecular flexibility index (Phi) is 6.60. The van der Waals surface area contributed by atoms with E-state index >= 15 is 0 Å².